The average molecular weight is 203 g/mol. The Labute approximate surface area is 90.6 Å². The maximum absolute atomic E-state index is 9.38. The monoisotopic (exact) mass is 203 g/mol. The summed E-state index contributed by atoms with van der Waals surface area (Å²) >= 11 is 0. The van der Waals surface area contributed by atoms with Crippen LogP contribution < -0.4 is 5.32 Å². The predicted octanol–water partition coefficient (Wildman–Crippen LogP) is 2.76. The smallest absolute Gasteiger partial charge is 0.115 e. The lowest BCUT2D eigenvalue weighted by atomic mass is 10.1. The molecule has 0 fully saturated rings. The van der Waals surface area contributed by atoms with E-state index in [4.69, 9.17) is 0 Å². The Hall–Kier alpha value is -1.28. The first kappa shape index (κ1) is 10.2. The Bertz CT molecular complexity index is 351. The van der Waals surface area contributed by atoms with Crippen LogP contribution in [0.5, 0.6) is 5.75 Å². The summed E-state index contributed by atoms with van der Waals surface area (Å²) in [6.07, 6.45) is 6.66. The molecular formula is C13H17NO. The normalized spacial score (nSPS) is 18.2. The second-order valence-corrected chi connectivity index (χ2v) is 4.12. The van der Waals surface area contributed by atoms with Gasteiger partial charge < -0.3 is 10.4 Å². The minimum Gasteiger partial charge on any atom is -0.508 e. The molecule has 0 amide bonds. The van der Waals surface area contributed by atoms with Gasteiger partial charge in [0.05, 0.1) is 0 Å². The summed E-state index contributed by atoms with van der Waals surface area (Å²) in [5.41, 5.74) is 1.14. The molecule has 1 atom stereocenters. The number of benzene rings is 1. The largest absolute Gasteiger partial charge is 0.508 e. The zero-order valence-electron chi connectivity index (χ0n) is 8.98. The first-order chi connectivity index (χ1) is 7.25. The van der Waals surface area contributed by atoms with Crippen molar-refractivity contribution < 1.29 is 5.11 Å². The van der Waals surface area contributed by atoms with Crippen LogP contribution in [0, 0.1) is 0 Å². The lowest BCUT2D eigenvalue weighted by Crippen LogP contribution is -2.29. The van der Waals surface area contributed by atoms with Gasteiger partial charge in [0.25, 0.3) is 0 Å². The molecule has 2 N–H and O–H groups in total. The number of hydrogen-bond donors (Lipinski definition) is 2. The summed E-state index contributed by atoms with van der Waals surface area (Å²) in [5, 5.41) is 12.9. The van der Waals surface area contributed by atoms with Gasteiger partial charge >= 0.3 is 0 Å². The number of aromatic hydroxyl groups is 1. The van der Waals surface area contributed by atoms with Crippen LogP contribution in [0.3, 0.4) is 0 Å². The van der Waals surface area contributed by atoms with Crippen LogP contribution in [-0.2, 0) is 0 Å². The highest BCUT2D eigenvalue weighted by molar-refractivity contribution is 5.29. The molecule has 0 bridgehead atoms. The number of phenolic OH excluding ortho intramolecular Hbond substituents is 1. The molecule has 0 spiro atoms. The highest BCUT2D eigenvalue weighted by Crippen LogP contribution is 2.20. The molecule has 15 heavy (non-hydrogen) atoms. The summed E-state index contributed by atoms with van der Waals surface area (Å²) in [6, 6.07) is 8.30. The second-order valence-electron chi connectivity index (χ2n) is 4.12. The third-order valence-electron chi connectivity index (χ3n) is 2.86. The van der Waals surface area contributed by atoms with E-state index >= 15 is 0 Å². The van der Waals surface area contributed by atoms with Gasteiger partial charge in [-0.3, -0.25) is 0 Å². The quantitative estimate of drug-likeness (QED) is 0.740. The minimum absolute atomic E-state index is 0.294. The van der Waals surface area contributed by atoms with Crippen LogP contribution in [-0.4, -0.2) is 11.1 Å². The van der Waals surface area contributed by atoms with E-state index in [-0.39, 0.29) is 0 Å². The standard InChI is InChI=1S/C13H17NO/c1-10(14-12-6-2-3-7-12)11-5-4-8-13(15)9-11/h2-5,8-10,12,14-15H,6-7H2,1H3. The van der Waals surface area contributed by atoms with Gasteiger partial charge in [0, 0.05) is 12.1 Å². The van der Waals surface area contributed by atoms with Gasteiger partial charge in [-0.15, -0.1) is 0 Å². The zero-order chi connectivity index (χ0) is 10.7. The number of hydrogen-bond acceptors (Lipinski definition) is 2. The molecule has 0 aliphatic heterocycles. The Morgan fingerprint density at radius 2 is 2.07 bits per heavy atom. The van der Waals surface area contributed by atoms with E-state index in [2.05, 4.69) is 24.4 Å². The number of phenols is 1. The van der Waals surface area contributed by atoms with E-state index in [9.17, 15) is 5.11 Å². The van der Waals surface area contributed by atoms with Gasteiger partial charge in [-0.1, -0.05) is 24.3 Å². The van der Waals surface area contributed by atoms with Crippen molar-refractivity contribution >= 4 is 0 Å². The van der Waals surface area contributed by atoms with Crippen LogP contribution in [0.4, 0.5) is 0 Å². The summed E-state index contributed by atoms with van der Waals surface area (Å²) in [4.78, 5) is 0. The number of nitrogens with one attached hydrogen (secondary N) is 1. The van der Waals surface area contributed by atoms with E-state index in [0.29, 0.717) is 17.8 Å². The first-order valence-corrected chi connectivity index (χ1v) is 5.45. The maximum atomic E-state index is 9.38. The van der Waals surface area contributed by atoms with Crippen LogP contribution >= 0.6 is 0 Å². The van der Waals surface area contributed by atoms with Gasteiger partial charge in [-0.25, -0.2) is 0 Å². The Balaban J connectivity index is 1.98. The molecule has 0 heterocycles. The van der Waals surface area contributed by atoms with E-state index < -0.39 is 0 Å². The topological polar surface area (TPSA) is 32.3 Å². The van der Waals surface area contributed by atoms with Crippen LogP contribution in [0.15, 0.2) is 36.4 Å². The van der Waals surface area contributed by atoms with Gasteiger partial charge in [0.1, 0.15) is 5.75 Å². The fourth-order valence-corrected chi connectivity index (χ4v) is 2.00. The van der Waals surface area contributed by atoms with Crippen molar-refractivity contribution in [2.45, 2.75) is 31.8 Å². The fourth-order valence-electron chi connectivity index (χ4n) is 2.00. The van der Waals surface area contributed by atoms with Crippen molar-refractivity contribution in [1.82, 2.24) is 5.32 Å². The Morgan fingerprint density at radius 3 is 2.73 bits per heavy atom. The molecule has 1 aliphatic carbocycles. The molecule has 0 saturated carbocycles. The zero-order valence-corrected chi connectivity index (χ0v) is 8.98. The van der Waals surface area contributed by atoms with Gasteiger partial charge in [0.15, 0.2) is 0 Å². The molecule has 0 aromatic heterocycles. The van der Waals surface area contributed by atoms with Crippen molar-refractivity contribution in [2.24, 2.45) is 0 Å². The molecule has 0 radical (unpaired) electrons. The van der Waals surface area contributed by atoms with E-state index in [0.717, 1.165) is 18.4 Å². The van der Waals surface area contributed by atoms with Crippen molar-refractivity contribution in [2.75, 3.05) is 0 Å². The fraction of sp³-hybridized carbons (Fsp3) is 0.385. The molecule has 1 unspecified atom stereocenters. The Morgan fingerprint density at radius 1 is 1.33 bits per heavy atom. The van der Waals surface area contributed by atoms with Gasteiger partial charge in [-0.2, -0.15) is 0 Å². The molecule has 1 aromatic rings. The predicted molar refractivity (Wildman–Crippen MR) is 61.8 cm³/mol. The lowest BCUT2D eigenvalue weighted by Gasteiger charge is -2.19. The lowest BCUT2D eigenvalue weighted by molar-refractivity contribution is 0.458. The van der Waals surface area contributed by atoms with Crippen molar-refractivity contribution in [3.8, 4) is 5.75 Å². The van der Waals surface area contributed by atoms with Crippen molar-refractivity contribution in [1.29, 1.82) is 0 Å². The third-order valence-corrected chi connectivity index (χ3v) is 2.86. The molecule has 1 aliphatic rings. The van der Waals surface area contributed by atoms with E-state index in [1.54, 1.807) is 6.07 Å². The summed E-state index contributed by atoms with van der Waals surface area (Å²) in [5.74, 6) is 0.339. The van der Waals surface area contributed by atoms with E-state index in [1.807, 2.05) is 18.2 Å². The van der Waals surface area contributed by atoms with Gasteiger partial charge in [0.2, 0.25) is 0 Å². The van der Waals surface area contributed by atoms with Crippen LogP contribution in [0.1, 0.15) is 31.4 Å². The van der Waals surface area contributed by atoms with Crippen LogP contribution in [0.2, 0.25) is 0 Å². The molecule has 1 aromatic carbocycles. The summed E-state index contributed by atoms with van der Waals surface area (Å²) < 4.78 is 0. The summed E-state index contributed by atoms with van der Waals surface area (Å²) in [6.45, 7) is 2.13. The summed E-state index contributed by atoms with van der Waals surface area (Å²) in [7, 11) is 0. The molecule has 2 rings (SSSR count). The maximum Gasteiger partial charge on any atom is 0.115 e. The third kappa shape index (κ3) is 2.60. The second kappa shape index (κ2) is 4.49. The molecule has 2 nitrogen and oxygen atoms in total. The van der Waals surface area contributed by atoms with Crippen LogP contribution in [0.25, 0.3) is 0 Å². The average Bonchev–Trinajstić information content (AvgIpc) is 2.70. The molecule has 80 valence electrons. The minimum atomic E-state index is 0.294. The molecule has 0 saturated heterocycles. The highest BCUT2D eigenvalue weighted by atomic mass is 16.3. The van der Waals surface area contributed by atoms with Gasteiger partial charge in [-0.05, 0) is 37.5 Å². The van der Waals surface area contributed by atoms with E-state index in [1.165, 1.54) is 0 Å². The Kier molecular flexibility index (Phi) is 3.07. The van der Waals surface area contributed by atoms with Crippen molar-refractivity contribution in [3.05, 3.63) is 42.0 Å². The molecule has 2 heteroatoms. The highest BCUT2D eigenvalue weighted by Gasteiger charge is 2.14. The SMILES string of the molecule is CC(NC1CC=CC1)c1cccc(O)c1. The van der Waals surface area contributed by atoms with Crippen molar-refractivity contribution in [3.63, 3.8) is 0 Å². The number of rotatable bonds is 3. The molecular weight excluding hydrogens is 186 g/mol. The first-order valence-electron chi connectivity index (χ1n) is 5.45.